The third-order valence-corrected chi connectivity index (χ3v) is 7.63. The van der Waals surface area contributed by atoms with Gasteiger partial charge in [0, 0.05) is 44.2 Å². The second-order valence-corrected chi connectivity index (χ2v) is 10.4. The molecule has 1 saturated carbocycles. The molecule has 1 saturated heterocycles. The number of nitrogens with one attached hydrogen (secondary N) is 1. The second-order valence-electron chi connectivity index (χ2n) is 10.4. The number of nitrogens with two attached hydrogens (primary N) is 1. The van der Waals surface area contributed by atoms with Gasteiger partial charge in [-0.3, -0.25) is 9.59 Å². The molecule has 12 heteroatoms. The average molecular weight is 538 g/mol. The summed E-state index contributed by atoms with van der Waals surface area (Å²) in [6.07, 6.45) is 0. The van der Waals surface area contributed by atoms with Crippen molar-refractivity contribution in [2.24, 2.45) is 24.6 Å². The molecule has 0 spiro atoms. The van der Waals surface area contributed by atoms with Gasteiger partial charge in [0.1, 0.15) is 28.2 Å². The van der Waals surface area contributed by atoms with E-state index in [4.69, 9.17) is 10.7 Å². The molecule has 1 aliphatic heterocycles. The molecule has 202 valence electrons. The Morgan fingerprint density at radius 1 is 1.05 bits per heavy atom. The largest absolute Gasteiger partial charge is 0.367 e. The van der Waals surface area contributed by atoms with E-state index >= 15 is 4.39 Å². The van der Waals surface area contributed by atoms with Gasteiger partial charge in [0.25, 0.3) is 11.5 Å². The van der Waals surface area contributed by atoms with Crippen LogP contribution in [0.5, 0.6) is 0 Å². The third-order valence-electron chi connectivity index (χ3n) is 7.63. The van der Waals surface area contributed by atoms with Gasteiger partial charge in [-0.25, -0.2) is 18.2 Å². The van der Waals surface area contributed by atoms with Gasteiger partial charge in [-0.05, 0) is 30.0 Å². The minimum absolute atomic E-state index is 0.0251. The lowest BCUT2D eigenvalue weighted by Gasteiger charge is -2.25. The highest BCUT2D eigenvalue weighted by molar-refractivity contribution is 6.08. The van der Waals surface area contributed by atoms with Crippen molar-refractivity contribution in [1.29, 1.82) is 0 Å². The molecule has 2 aromatic heterocycles. The van der Waals surface area contributed by atoms with Crippen molar-refractivity contribution in [3.05, 3.63) is 75.7 Å². The number of rotatable bonds is 5. The van der Waals surface area contributed by atoms with Crippen molar-refractivity contribution in [2.75, 3.05) is 23.3 Å². The summed E-state index contributed by atoms with van der Waals surface area (Å²) in [6, 6.07) is 6.60. The summed E-state index contributed by atoms with van der Waals surface area (Å²) in [5.41, 5.74) is 5.79. The predicted octanol–water partition coefficient (Wildman–Crippen LogP) is 3.31. The van der Waals surface area contributed by atoms with Gasteiger partial charge in [0.15, 0.2) is 17.5 Å². The number of benzene rings is 2. The average Bonchev–Trinajstić information content (AvgIpc) is 3.20. The van der Waals surface area contributed by atoms with E-state index in [1.54, 1.807) is 11.6 Å². The molecule has 0 radical (unpaired) electrons. The Hall–Kier alpha value is -4.19. The lowest BCUT2D eigenvalue weighted by Crippen LogP contribution is -2.30. The molecule has 1 amide bonds. The molecule has 2 aliphatic rings. The van der Waals surface area contributed by atoms with Crippen molar-refractivity contribution >= 4 is 28.3 Å². The van der Waals surface area contributed by atoms with Crippen molar-refractivity contribution in [1.82, 2.24) is 19.3 Å². The van der Waals surface area contributed by atoms with Crippen LogP contribution < -0.4 is 21.5 Å². The maximum absolute atomic E-state index is 15.5. The number of carbonyl (C=O) groups excluding carboxylic acids is 1. The Balaban J connectivity index is 1.44. The minimum atomic E-state index is -1.01. The van der Waals surface area contributed by atoms with Crippen molar-refractivity contribution < 1.29 is 18.0 Å². The molecule has 1 aliphatic carbocycles. The summed E-state index contributed by atoms with van der Waals surface area (Å²) in [5.74, 6) is -2.06. The number of aromatic nitrogens is 4. The van der Waals surface area contributed by atoms with Gasteiger partial charge in [0.05, 0.1) is 11.4 Å². The summed E-state index contributed by atoms with van der Waals surface area (Å²) in [7, 11) is 1.75. The maximum Gasteiger partial charge on any atom is 0.276 e. The quantitative estimate of drug-likeness (QED) is 0.404. The Morgan fingerprint density at radius 3 is 2.36 bits per heavy atom. The molecule has 2 aromatic carbocycles. The number of nitrogens with zero attached hydrogens (tertiary/aromatic N) is 5. The van der Waals surface area contributed by atoms with Crippen LogP contribution in [0.4, 0.5) is 24.5 Å². The first-order chi connectivity index (χ1) is 18.6. The first-order valence-electron chi connectivity index (χ1n) is 12.6. The Kier molecular flexibility index (Phi) is 5.75. The van der Waals surface area contributed by atoms with E-state index in [1.165, 1.54) is 6.07 Å². The minimum Gasteiger partial charge on any atom is -0.367 e. The highest BCUT2D eigenvalue weighted by atomic mass is 19.1. The molecule has 3 atom stereocenters. The summed E-state index contributed by atoms with van der Waals surface area (Å²) >= 11 is 0. The molecule has 4 aromatic rings. The molecule has 0 bridgehead atoms. The zero-order valence-electron chi connectivity index (χ0n) is 21.5. The van der Waals surface area contributed by atoms with Gasteiger partial charge in [0.2, 0.25) is 0 Å². The molecular weight excluding hydrogens is 511 g/mol. The number of carbonyl (C=O) groups is 1. The number of hydrogen-bond donors (Lipinski definition) is 2. The van der Waals surface area contributed by atoms with Crippen molar-refractivity contribution in [2.45, 2.75) is 25.8 Å². The first kappa shape index (κ1) is 25.1. The zero-order valence-corrected chi connectivity index (χ0v) is 21.5. The number of imidazole rings is 1. The number of hydrogen-bond acceptors (Lipinski definition) is 6. The van der Waals surface area contributed by atoms with Crippen LogP contribution in [0.15, 0.2) is 41.2 Å². The number of amides is 1. The monoisotopic (exact) mass is 537 g/mol. The van der Waals surface area contributed by atoms with E-state index in [0.717, 1.165) is 30.3 Å². The fourth-order valence-electron chi connectivity index (χ4n) is 5.60. The van der Waals surface area contributed by atoms with E-state index in [2.05, 4.69) is 15.3 Å². The number of aryl methyl sites for hydroxylation is 1. The molecule has 9 nitrogen and oxygen atoms in total. The zero-order chi connectivity index (χ0) is 27.7. The Morgan fingerprint density at radius 2 is 1.72 bits per heavy atom. The molecule has 3 heterocycles. The van der Waals surface area contributed by atoms with Gasteiger partial charge in [-0.15, -0.1) is 0 Å². The van der Waals surface area contributed by atoms with Gasteiger partial charge >= 0.3 is 0 Å². The van der Waals surface area contributed by atoms with E-state index in [1.807, 2.05) is 13.8 Å². The summed E-state index contributed by atoms with van der Waals surface area (Å²) < 4.78 is 46.4. The van der Waals surface area contributed by atoms with Crippen LogP contribution in [-0.4, -0.2) is 44.4 Å². The van der Waals surface area contributed by atoms with Crippen LogP contribution in [-0.2, 0) is 7.05 Å². The first-order valence-corrected chi connectivity index (χ1v) is 12.6. The van der Waals surface area contributed by atoms with E-state index in [9.17, 15) is 18.4 Å². The molecule has 3 N–H and O–H groups in total. The number of halogens is 3. The SMILES string of the molecule is CC(C)c1nc2c(N3C[C@@H]4[C@H](N)[C@@H]4C3)c(NC(=O)c3ccc(=O)n(-c4c(F)cccc4F)n3)cc(F)c2n1C. The number of anilines is 2. The highest BCUT2D eigenvalue weighted by Gasteiger charge is 2.54. The van der Waals surface area contributed by atoms with Crippen molar-refractivity contribution in [3.8, 4) is 5.69 Å². The van der Waals surface area contributed by atoms with Crippen molar-refractivity contribution in [3.63, 3.8) is 0 Å². The van der Waals surface area contributed by atoms with E-state index in [-0.39, 0.29) is 23.3 Å². The standard InChI is InChI=1S/C27H26F3N7O2/c1-12(2)26-33-22-24(35(26)3)17(30)9-19(25(22)36-10-13-14(11-36)21(13)31)32-27(39)18-7-8-20(38)37(34-18)23-15(28)5-4-6-16(23)29/h4-9,12-14,21H,10-11,31H2,1-3H3,(H,32,39)/t13-,14+,21-. The van der Waals surface area contributed by atoms with E-state index < -0.39 is 34.6 Å². The van der Waals surface area contributed by atoms with Crippen LogP contribution in [0.2, 0.25) is 0 Å². The lowest BCUT2D eigenvalue weighted by molar-refractivity contribution is 0.102. The molecule has 0 unspecified atom stereocenters. The Labute approximate surface area is 221 Å². The Bertz CT molecular complexity index is 1680. The molecule has 6 rings (SSSR count). The van der Waals surface area contributed by atoms with Crippen LogP contribution in [0.25, 0.3) is 16.7 Å². The van der Waals surface area contributed by atoms with E-state index in [0.29, 0.717) is 52.2 Å². The van der Waals surface area contributed by atoms with Crippen LogP contribution in [0.3, 0.4) is 0 Å². The fraction of sp³-hybridized carbons (Fsp3) is 0.333. The molecular formula is C27H26F3N7O2. The molecule has 2 fully saturated rings. The van der Waals surface area contributed by atoms with Crippen LogP contribution in [0.1, 0.15) is 36.1 Å². The number of fused-ring (bicyclic) bond motifs is 2. The number of para-hydroxylation sites is 1. The predicted molar refractivity (Wildman–Crippen MR) is 140 cm³/mol. The normalized spacial score (nSPS) is 20.1. The fourth-order valence-corrected chi connectivity index (χ4v) is 5.60. The van der Waals surface area contributed by atoms with Gasteiger partial charge in [-0.1, -0.05) is 19.9 Å². The van der Waals surface area contributed by atoms with Crippen LogP contribution >= 0.6 is 0 Å². The smallest absolute Gasteiger partial charge is 0.276 e. The highest BCUT2D eigenvalue weighted by Crippen LogP contribution is 2.48. The van der Waals surface area contributed by atoms with Gasteiger partial charge < -0.3 is 20.5 Å². The number of piperidine rings is 1. The summed E-state index contributed by atoms with van der Waals surface area (Å²) in [6.45, 7) is 5.20. The lowest BCUT2D eigenvalue weighted by atomic mass is 10.1. The second kappa shape index (κ2) is 8.94. The summed E-state index contributed by atoms with van der Waals surface area (Å²) in [5, 5.41) is 6.61. The third kappa shape index (κ3) is 3.97. The van der Waals surface area contributed by atoms with Crippen LogP contribution in [0, 0.1) is 29.3 Å². The maximum atomic E-state index is 15.5. The van der Waals surface area contributed by atoms with Gasteiger partial charge in [-0.2, -0.15) is 9.78 Å². The summed E-state index contributed by atoms with van der Waals surface area (Å²) in [4.78, 5) is 32.5. The topological polar surface area (TPSA) is 111 Å². The molecule has 39 heavy (non-hydrogen) atoms.